The molecule has 7 nitrogen and oxygen atoms in total. The maximum atomic E-state index is 12.8. The van der Waals surface area contributed by atoms with Crippen molar-refractivity contribution in [2.75, 3.05) is 11.1 Å². The standard InChI is InChI=1S/C21H26N6O/c22-17-13-23-21-25-19(26-27(21)14-17)16-10-7-11-18(12-16)24-20(28)15-8-5-3-1-2-4-6-9-15/h7,10-15H,1-6,8-9,22H2,(H,24,28). The van der Waals surface area contributed by atoms with Crippen molar-refractivity contribution in [2.24, 2.45) is 5.92 Å². The molecule has 0 atom stereocenters. The van der Waals surface area contributed by atoms with Crippen LogP contribution in [0.25, 0.3) is 17.2 Å². The van der Waals surface area contributed by atoms with Crippen LogP contribution in [0, 0.1) is 5.92 Å². The maximum Gasteiger partial charge on any atom is 0.252 e. The molecule has 7 heteroatoms. The molecule has 2 heterocycles. The summed E-state index contributed by atoms with van der Waals surface area (Å²) < 4.78 is 1.56. The number of benzene rings is 1. The topological polar surface area (TPSA) is 98.2 Å². The Labute approximate surface area is 164 Å². The van der Waals surface area contributed by atoms with Crippen LogP contribution in [0.5, 0.6) is 0 Å². The average molecular weight is 378 g/mol. The fourth-order valence-corrected chi connectivity index (χ4v) is 3.79. The molecule has 0 unspecified atom stereocenters. The largest absolute Gasteiger partial charge is 0.396 e. The second-order valence-corrected chi connectivity index (χ2v) is 7.53. The molecule has 4 rings (SSSR count). The third kappa shape index (κ3) is 4.30. The Hall–Kier alpha value is -2.96. The number of nitrogens with one attached hydrogen (secondary N) is 1. The number of hydrogen-bond donors (Lipinski definition) is 2. The van der Waals surface area contributed by atoms with Crippen molar-refractivity contribution in [3.05, 3.63) is 36.7 Å². The van der Waals surface area contributed by atoms with E-state index in [9.17, 15) is 4.79 Å². The quantitative estimate of drug-likeness (QED) is 0.716. The van der Waals surface area contributed by atoms with Gasteiger partial charge in [-0.25, -0.2) is 9.50 Å². The summed E-state index contributed by atoms with van der Waals surface area (Å²) in [5.41, 5.74) is 7.88. The molecule has 0 radical (unpaired) electrons. The van der Waals surface area contributed by atoms with Crippen molar-refractivity contribution in [3.63, 3.8) is 0 Å². The molecule has 3 N–H and O–H groups in total. The zero-order valence-electron chi connectivity index (χ0n) is 16.0. The number of amides is 1. The second-order valence-electron chi connectivity index (χ2n) is 7.53. The molecule has 28 heavy (non-hydrogen) atoms. The number of fused-ring (bicyclic) bond motifs is 1. The van der Waals surface area contributed by atoms with E-state index in [0.717, 1.165) is 36.9 Å². The zero-order chi connectivity index (χ0) is 19.3. The number of nitrogens with two attached hydrogens (primary N) is 1. The van der Waals surface area contributed by atoms with Crippen LogP contribution < -0.4 is 11.1 Å². The summed E-state index contributed by atoms with van der Waals surface area (Å²) in [4.78, 5) is 21.4. The molecule has 1 amide bonds. The van der Waals surface area contributed by atoms with Crippen LogP contribution in [0.4, 0.5) is 11.4 Å². The summed E-state index contributed by atoms with van der Waals surface area (Å²) in [5, 5.41) is 7.53. The molecule has 1 saturated carbocycles. The Balaban J connectivity index is 1.50. The van der Waals surface area contributed by atoms with Gasteiger partial charge in [-0.1, -0.05) is 50.7 Å². The molecule has 1 aliphatic carbocycles. The van der Waals surface area contributed by atoms with Crippen molar-refractivity contribution in [1.29, 1.82) is 0 Å². The van der Waals surface area contributed by atoms with Crippen LogP contribution in [0.15, 0.2) is 36.7 Å². The summed E-state index contributed by atoms with van der Waals surface area (Å²) in [7, 11) is 0. The van der Waals surface area contributed by atoms with E-state index >= 15 is 0 Å². The van der Waals surface area contributed by atoms with Gasteiger partial charge in [0.2, 0.25) is 5.91 Å². The van der Waals surface area contributed by atoms with E-state index < -0.39 is 0 Å². The van der Waals surface area contributed by atoms with Crippen LogP contribution in [0.3, 0.4) is 0 Å². The van der Waals surface area contributed by atoms with E-state index in [1.54, 1.807) is 16.9 Å². The van der Waals surface area contributed by atoms with E-state index in [2.05, 4.69) is 20.4 Å². The highest BCUT2D eigenvalue weighted by atomic mass is 16.1. The lowest BCUT2D eigenvalue weighted by atomic mass is 9.96. The summed E-state index contributed by atoms with van der Waals surface area (Å²) >= 11 is 0. The van der Waals surface area contributed by atoms with E-state index in [-0.39, 0.29) is 11.8 Å². The Morgan fingerprint density at radius 1 is 1.11 bits per heavy atom. The number of hydrogen-bond acceptors (Lipinski definition) is 5. The molecule has 0 saturated heterocycles. The van der Waals surface area contributed by atoms with Crippen LogP contribution in [-0.4, -0.2) is 25.5 Å². The van der Waals surface area contributed by atoms with Gasteiger partial charge < -0.3 is 11.1 Å². The van der Waals surface area contributed by atoms with Gasteiger partial charge in [-0.2, -0.15) is 4.98 Å². The van der Waals surface area contributed by atoms with Gasteiger partial charge in [0, 0.05) is 17.2 Å². The maximum absolute atomic E-state index is 12.8. The van der Waals surface area contributed by atoms with Crippen LogP contribution >= 0.6 is 0 Å². The number of carbonyl (C=O) groups is 1. The third-order valence-electron chi connectivity index (χ3n) is 5.33. The Morgan fingerprint density at radius 2 is 1.86 bits per heavy atom. The molecule has 1 aliphatic rings. The lowest BCUT2D eigenvalue weighted by Gasteiger charge is -2.16. The van der Waals surface area contributed by atoms with E-state index in [0.29, 0.717) is 17.3 Å². The Bertz CT molecular complexity index is 956. The molecule has 0 aliphatic heterocycles. The monoisotopic (exact) mass is 378 g/mol. The highest BCUT2D eigenvalue weighted by molar-refractivity contribution is 5.93. The van der Waals surface area contributed by atoms with E-state index in [1.807, 2.05) is 24.3 Å². The van der Waals surface area contributed by atoms with Crippen molar-refractivity contribution in [1.82, 2.24) is 19.6 Å². The lowest BCUT2D eigenvalue weighted by molar-refractivity contribution is -0.120. The van der Waals surface area contributed by atoms with Crippen LogP contribution in [0.1, 0.15) is 51.4 Å². The minimum absolute atomic E-state index is 0.0993. The van der Waals surface area contributed by atoms with Gasteiger partial charge in [0.05, 0.1) is 18.1 Å². The van der Waals surface area contributed by atoms with Crippen molar-refractivity contribution >= 4 is 23.1 Å². The minimum atomic E-state index is 0.0993. The van der Waals surface area contributed by atoms with Crippen molar-refractivity contribution in [3.8, 4) is 11.4 Å². The van der Waals surface area contributed by atoms with Gasteiger partial charge in [0.15, 0.2) is 5.82 Å². The first-order chi connectivity index (χ1) is 13.7. The lowest BCUT2D eigenvalue weighted by Crippen LogP contribution is -2.22. The number of nitrogen functional groups attached to an aromatic ring is 1. The first kappa shape index (κ1) is 18.4. The smallest absolute Gasteiger partial charge is 0.252 e. The van der Waals surface area contributed by atoms with Gasteiger partial charge in [-0.15, -0.1) is 5.10 Å². The Kier molecular flexibility index (Phi) is 5.50. The Morgan fingerprint density at radius 3 is 2.64 bits per heavy atom. The van der Waals surface area contributed by atoms with Crippen LogP contribution in [-0.2, 0) is 4.79 Å². The number of carbonyl (C=O) groups excluding carboxylic acids is 1. The van der Waals surface area contributed by atoms with Gasteiger partial charge in [-0.3, -0.25) is 4.79 Å². The SMILES string of the molecule is Nc1cnc2nc(-c3cccc(NC(=O)C4CCCCCCCC4)c3)nn2c1. The number of nitrogens with zero attached hydrogens (tertiary/aromatic N) is 4. The summed E-state index contributed by atoms with van der Waals surface area (Å²) in [6.45, 7) is 0. The normalized spacial score (nSPS) is 16.3. The second kappa shape index (κ2) is 8.37. The van der Waals surface area contributed by atoms with Gasteiger partial charge >= 0.3 is 0 Å². The molecule has 0 bridgehead atoms. The fourth-order valence-electron chi connectivity index (χ4n) is 3.79. The molecular weight excluding hydrogens is 352 g/mol. The highest BCUT2D eigenvalue weighted by Gasteiger charge is 2.19. The summed E-state index contributed by atoms with van der Waals surface area (Å²) in [6, 6.07) is 7.64. The third-order valence-corrected chi connectivity index (χ3v) is 5.33. The zero-order valence-corrected chi connectivity index (χ0v) is 16.0. The summed E-state index contributed by atoms with van der Waals surface area (Å²) in [6.07, 6.45) is 12.5. The highest BCUT2D eigenvalue weighted by Crippen LogP contribution is 2.25. The molecule has 0 spiro atoms. The predicted molar refractivity (Wildman–Crippen MR) is 110 cm³/mol. The molecule has 2 aromatic heterocycles. The number of aromatic nitrogens is 4. The van der Waals surface area contributed by atoms with Crippen molar-refractivity contribution < 1.29 is 4.79 Å². The van der Waals surface area contributed by atoms with Gasteiger partial charge in [0.1, 0.15) is 0 Å². The van der Waals surface area contributed by atoms with Crippen LogP contribution in [0.2, 0.25) is 0 Å². The predicted octanol–water partition coefficient (Wildman–Crippen LogP) is 4.06. The average Bonchev–Trinajstić information content (AvgIpc) is 3.16. The minimum Gasteiger partial charge on any atom is -0.396 e. The number of rotatable bonds is 3. The van der Waals surface area contributed by atoms with Gasteiger partial charge in [0.25, 0.3) is 5.78 Å². The van der Waals surface area contributed by atoms with Crippen molar-refractivity contribution in [2.45, 2.75) is 51.4 Å². The molecule has 1 aromatic carbocycles. The molecule has 3 aromatic rings. The summed E-state index contributed by atoms with van der Waals surface area (Å²) in [5.74, 6) is 1.26. The van der Waals surface area contributed by atoms with Gasteiger partial charge in [-0.05, 0) is 25.0 Å². The first-order valence-corrected chi connectivity index (χ1v) is 10.1. The fraction of sp³-hybridized carbons (Fsp3) is 0.429. The molecule has 146 valence electrons. The van der Waals surface area contributed by atoms with E-state index in [4.69, 9.17) is 5.73 Å². The van der Waals surface area contributed by atoms with E-state index in [1.165, 1.54) is 25.7 Å². The molecular formula is C21H26N6O. The molecule has 1 fully saturated rings. The number of anilines is 2. The first-order valence-electron chi connectivity index (χ1n) is 10.1.